The van der Waals surface area contributed by atoms with Gasteiger partial charge in [0.2, 0.25) is 0 Å². The molecule has 0 aliphatic rings. The Kier molecular flexibility index (Phi) is 98.1. The van der Waals surface area contributed by atoms with Gasteiger partial charge in [0.15, 0.2) is 0 Å². The molecule has 0 heterocycles. The molecule has 0 radical (unpaired) electrons. The summed E-state index contributed by atoms with van der Waals surface area (Å²) in [6, 6.07) is -0.833. The van der Waals surface area contributed by atoms with Gasteiger partial charge in [-0.2, -0.15) is 0 Å². The fourth-order valence-corrected chi connectivity index (χ4v) is 0. The topological polar surface area (TPSA) is 369 Å². The van der Waals surface area contributed by atoms with E-state index in [0.29, 0.717) is 0 Å². The van der Waals surface area contributed by atoms with Crippen LogP contribution in [0, 0.1) is 15.3 Å². The van der Waals surface area contributed by atoms with Crippen molar-refractivity contribution < 1.29 is 213 Å². The average molecular weight is 504 g/mol. The SMILES string of the molecule is NC(N)=O.O=P([O-])(O)O.O=S(=O)([O-])[O-].O=[N+]([O-])[O-].[Cl-].[K+].[K+].[K+].[NH4+].[NH4+]. The Morgan fingerprint density at radius 2 is 1.00 bits per heavy atom. The van der Waals surface area contributed by atoms with E-state index < -0.39 is 29.3 Å². The van der Waals surface area contributed by atoms with Gasteiger partial charge in [-0.25, -0.2) is 4.79 Å². The summed E-state index contributed by atoms with van der Waals surface area (Å²) < 4.78 is 42.9. The number of carbonyl (C=O) groups excluding carboxylic acids is 1. The molecule has 0 saturated heterocycles. The molecule has 0 aromatic carbocycles. The number of hydrogen-bond donors (Lipinski definition) is 6. The number of nitrogens with two attached hydrogens (primary N) is 2. The van der Waals surface area contributed by atoms with Crippen molar-refractivity contribution in [1.82, 2.24) is 12.3 Å². The predicted octanol–water partition coefficient (Wildman–Crippen LogP) is -15.3. The molecule has 0 aromatic heterocycles. The molecule has 23 heteroatoms. The third-order valence-corrected chi connectivity index (χ3v) is 0. The van der Waals surface area contributed by atoms with Gasteiger partial charge in [0.05, 0.1) is 5.09 Å². The van der Waals surface area contributed by atoms with Crippen LogP contribution >= 0.6 is 7.82 Å². The first-order valence-electron chi connectivity index (χ1n) is 2.76. The zero-order valence-corrected chi connectivity index (χ0v) is 25.1. The van der Waals surface area contributed by atoms with E-state index in [1.807, 2.05) is 0 Å². The molecule has 0 spiro atoms. The van der Waals surface area contributed by atoms with Crippen molar-refractivity contribution in [2.75, 3.05) is 0 Å². The molecule has 0 atom stereocenters. The quantitative estimate of drug-likeness (QED) is 0.0447. The maximum absolute atomic E-state index is 9.00. The van der Waals surface area contributed by atoms with E-state index >= 15 is 0 Å². The summed E-state index contributed by atoms with van der Waals surface area (Å²) in [6.07, 6.45) is 0. The average Bonchev–Trinajstić information content (AvgIpc) is 1.70. The van der Waals surface area contributed by atoms with Gasteiger partial charge in [-0.3, -0.25) is 13.0 Å². The number of carbonyl (C=O) groups is 1. The van der Waals surface area contributed by atoms with Crippen molar-refractivity contribution in [2.45, 2.75) is 0 Å². The summed E-state index contributed by atoms with van der Waals surface area (Å²) in [6.45, 7) is 0. The van der Waals surface area contributed by atoms with Gasteiger partial charge >= 0.3 is 160 Å². The Hall–Kier alpha value is 3.57. The number of primary amides is 2. The second-order valence-electron chi connectivity index (χ2n) is 1.52. The molecule has 136 valence electrons. The normalized spacial score (nSPS) is 6.88. The third-order valence-electron chi connectivity index (χ3n) is 0. The fraction of sp³-hybridized carbons (Fsp3) is 0. The molecule has 0 saturated carbocycles. The van der Waals surface area contributed by atoms with Crippen molar-refractivity contribution >= 4 is 24.3 Å². The second kappa shape index (κ2) is 37.3. The maximum atomic E-state index is 9.00. The second-order valence-corrected chi connectivity index (χ2v) is 3.32. The molecule has 0 aliphatic heterocycles. The van der Waals surface area contributed by atoms with Crippen molar-refractivity contribution in [1.29, 1.82) is 0 Å². The Morgan fingerprint density at radius 1 is 1.00 bits per heavy atom. The van der Waals surface area contributed by atoms with Crippen LogP contribution in [0.3, 0.4) is 0 Å². The van der Waals surface area contributed by atoms with Gasteiger partial charge < -0.3 is 75.3 Å². The van der Waals surface area contributed by atoms with E-state index in [0.717, 1.165) is 0 Å². The molecule has 2 amide bonds. The van der Waals surface area contributed by atoms with E-state index in [1.165, 1.54) is 0 Å². The molecular weight excluding hydrogens is 490 g/mol. The minimum atomic E-state index is -5.17. The number of halogens is 1. The number of urea groups is 1. The molecule has 0 unspecified atom stereocenters. The van der Waals surface area contributed by atoms with Crippen LogP contribution in [0.15, 0.2) is 0 Å². The van der Waals surface area contributed by atoms with Crippen LogP contribution in [0.1, 0.15) is 0 Å². The maximum Gasteiger partial charge on any atom is 1.00 e. The molecule has 14 N–H and O–H groups in total. The van der Waals surface area contributed by atoms with Crippen LogP contribution in [0.4, 0.5) is 4.79 Å². The van der Waals surface area contributed by atoms with Gasteiger partial charge in [-0.05, 0) is 0 Å². The van der Waals surface area contributed by atoms with E-state index in [4.69, 9.17) is 56.9 Å². The summed E-state index contributed by atoms with van der Waals surface area (Å²) >= 11 is 0. The Labute approximate surface area is 270 Å². The van der Waals surface area contributed by atoms with Gasteiger partial charge in [-0.15, -0.1) is 0 Å². The number of nitrogens with zero attached hydrogens (tertiary/aromatic N) is 1. The number of quaternary nitrogens is 2. The largest absolute Gasteiger partial charge is 1.00 e. The number of hydrogen-bond acceptors (Lipinski definition) is 10. The first kappa shape index (κ1) is 63.0. The summed E-state index contributed by atoms with van der Waals surface area (Å²) in [5.41, 5.74) is 8.50. The summed E-state index contributed by atoms with van der Waals surface area (Å²) in [7, 11) is -10.1. The molecule has 24 heavy (non-hydrogen) atoms. The Morgan fingerprint density at radius 3 is 1.00 bits per heavy atom. The molecule has 0 rings (SSSR count). The Balaban J connectivity index is -0.0000000126. The first-order valence-corrected chi connectivity index (χ1v) is 5.62. The van der Waals surface area contributed by atoms with E-state index in [1.54, 1.807) is 0 Å². The first-order chi connectivity index (χ1) is 7.46. The number of rotatable bonds is 0. The van der Waals surface area contributed by atoms with Crippen LogP contribution in [0.5, 0.6) is 0 Å². The summed E-state index contributed by atoms with van der Waals surface area (Å²) in [4.78, 5) is 40.2. The minimum absolute atomic E-state index is 0. The smallest absolute Gasteiger partial charge is 1.00 e. The van der Waals surface area contributed by atoms with Crippen LogP contribution < -0.4 is 195 Å². The summed E-state index contributed by atoms with van der Waals surface area (Å²) in [5, 5.41) is 14.8. The predicted molar refractivity (Wildman–Crippen MR) is 58.6 cm³/mol. The van der Waals surface area contributed by atoms with Gasteiger partial charge in [-0.1, -0.05) is 0 Å². The molecule has 0 aromatic rings. The molecule has 0 bridgehead atoms. The zero-order chi connectivity index (χ0) is 16.2. The van der Waals surface area contributed by atoms with Crippen molar-refractivity contribution in [3.05, 3.63) is 15.3 Å². The molecule has 0 fully saturated rings. The van der Waals surface area contributed by atoms with Gasteiger partial charge in [0.25, 0.3) is 7.82 Å². The van der Waals surface area contributed by atoms with E-state index in [-0.39, 0.29) is 179 Å². The molecule has 17 nitrogen and oxygen atoms in total. The third kappa shape index (κ3) is 1210. The van der Waals surface area contributed by atoms with E-state index in [2.05, 4.69) is 11.5 Å². The van der Waals surface area contributed by atoms with E-state index in [9.17, 15) is 0 Å². The van der Waals surface area contributed by atoms with Crippen molar-refractivity contribution in [3.63, 3.8) is 0 Å². The van der Waals surface area contributed by atoms with Crippen LogP contribution in [-0.2, 0) is 15.0 Å². The monoisotopic (exact) mass is 503 g/mol. The van der Waals surface area contributed by atoms with Gasteiger partial charge in [0, 0.05) is 10.4 Å². The minimum Gasteiger partial charge on any atom is -1.00 e. The standard InChI is InChI=1S/CH4N2O.ClH.3K.NO3.2H3N.H3O4P.H2O4S/c2-1(3)4;;;;;2-1(3)4;;;2*1-5(2,3)4/h(H4,2,3,4);1H;;;;;2*1H3;(H3,1,2,3,4);(H2,1,2,3,4)/q;;3*+1;-1;;;;/p-2. The Bertz CT molecular complexity index is 354. The van der Waals surface area contributed by atoms with Crippen LogP contribution in [0.25, 0.3) is 0 Å². The molecular formula is CH14ClK3N5O12PS. The van der Waals surface area contributed by atoms with Crippen LogP contribution in [0.2, 0.25) is 0 Å². The summed E-state index contributed by atoms with van der Waals surface area (Å²) in [5.74, 6) is 0. The number of amides is 2. The fourth-order valence-electron chi connectivity index (χ4n) is 0. The molecule has 0 aliphatic carbocycles. The van der Waals surface area contributed by atoms with Crippen molar-refractivity contribution in [2.24, 2.45) is 11.5 Å². The van der Waals surface area contributed by atoms with Crippen LogP contribution in [-0.4, -0.2) is 38.4 Å². The zero-order valence-electron chi connectivity index (χ0n) is 13.3. The number of phosphoric acid groups is 1. The van der Waals surface area contributed by atoms with Gasteiger partial charge in [0.1, 0.15) is 0 Å². The van der Waals surface area contributed by atoms with Crippen molar-refractivity contribution in [3.8, 4) is 0 Å².